The number of hydrogen-bond donors (Lipinski definition) is 0. The normalized spacial score (nSPS) is 19.7. The maximum absolute atomic E-state index is 5.19. The molecule has 2 saturated heterocycles. The number of nitrogens with zero attached hydrogens (tertiary/aromatic N) is 8. The van der Waals surface area contributed by atoms with Gasteiger partial charge in [-0.3, -0.25) is 4.98 Å². The molecule has 3 aromatic rings. The van der Waals surface area contributed by atoms with Crippen LogP contribution < -0.4 is 9.80 Å². The SMILES string of the molecule is Cc1cc(C)nc(N2CCC[C@@H](c3nc(N4CCN(C)CC4)ncc3-c3ccncc3)C2)n1. The number of likely N-dealkylation sites (N-methyl/N-ethyl adjacent to an activating group) is 1. The molecule has 2 aliphatic heterocycles. The summed E-state index contributed by atoms with van der Waals surface area (Å²) in [5.74, 6) is 1.97. The van der Waals surface area contributed by atoms with Crippen molar-refractivity contribution < 1.29 is 0 Å². The summed E-state index contributed by atoms with van der Waals surface area (Å²) in [6.07, 6.45) is 7.87. The van der Waals surface area contributed by atoms with Crippen LogP contribution in [-0.2, 0) is 0 Å². The summed E-state index contributed by atoms with van der Waals surface area (Å²) in [6, 6.07) is 6.12. The monoisotopic (exact) mass is 444 g/mol. The number of anilines is 2. The van der Waals surface area contributed by atoms with E-state index in [1.54, 1.807) is 0 Å². The Kier molecular flexibility index (Phi) is 6.17. The third-order valence-corrected chi connectivity index (χ3v) is 6.64. The number of aryl methyl sites for hydroxylation is 2. The fourth-order valence-electron chi connectivity index (χ4n) is 4.84. The van der Waals surface area contributed by atoms with E-state index < -0.39 is 0 Å². The topological polar surface area (TPSA) is 74.2 Å². The van der Waals surface area contributed by atoms with Gasteiger partial charge in [0.1, 0.15) is 0 Å². The maximum atomic E-state index is 5.19. The van der Waals surface area contributed by atoms with Crippen molar-refractivity contribution in [2.75, 3.05) is 56.1 Å². The van der Waals surface area contributed by atoms with E-state index in [1.807, 2.05) is 50.6 Å². The van der Waals surface area contributed by atoms with Crippen molar-refractivity contribution in [3.8, 4) is 11.1 Å². The van der Waals surface area contributed by atoms with Gasteiger partial charge in [0.15, 0.2) is 0 Å². The quantitative estimate of drug-likeness (QED) is 0.608. The summed E-state index contributed by atoms with van der Waals surface area (Å²) >= 11 is 0. The Morgan fingerprint density at radius 1 is 0.848 bits per heavy atom. The first-order valence-electron chi connectivity index (χ1n) is 11.8. The standard InChI is InChI=1S/C25H32N8/c1-18-15-19(2)29-25(28-18)33-10-4-5-21(17-33)23-22(20-6-8-26-9-7-20)16-27-24(30-23)32-13-11-31(3)12-14-32/h6-9,15-16,21H,4-5,10-14,17H2,1-3H3/t21-/m1/s1. The Balaban J connectivity index is 1.49. The molecule has 0 aliphatic carbocycles. The fourth-order valence-corrected chi connectivity index (χ4v) is 4.84. The van der Waals surface area contributed by atoms with Crippen molar-refractivity contribution in [3.05, 3.63) is 53.9 Å². The number of hydrogen-bond acceptors (Lipinski definition) is 8. The highest BCUT2D eigenvalue weighted by atomic mass is 15.3. The molecule has 5 rings (SSSR count). The van der Waals surface area contributed by atoms with E-state index in [9.17, 15) is 0 Å². The van der Waals surface area contributed by atoms with Crippen molar-refractivity contribution in [2.45, 2.75) is 32.6 Å². The van der Waals surface area contributed by atoms with Crippen LogP contribution in [0, 0.1) is 13.8 Å². The molecular formula is C25H32N8. The maximum Gasteiger partial charge on any atom is 0.225 e. The van der Waals surface area contributed by atoms with Crippen LogP contribution in [0.3, 0.4) is 0 Å². The summed E-state index contributed by atoms with van der Waals surface area (Å²) in [5.41, 5.74) is 5.36. The van der Waals surface area contributed by atoms with Gasteiger partial charge >= 0.3 is 0 Å². The zero-order chi connectivity index (χ0) is 22.8. The molecule has 0 bridgehead atoms. The third-order valence-electron chi connectivity index (χ3n) is 6.64. The Labute approximate surface area is 195 Å². The van der Waals surface area contributed by atoms with Gasteiger partial charge in [-0.25, -0.2) is 19.9 Å². The first-order chi connectivity index (χ1) is 16.1. The Morgan fingerprint density at radius 3 is 2.30 bits per heavy atom. The van der Waals surface area contributed by atoms with Gasteiger partial charge in [0.25, 0.3) is 0 Å². The molecule has 2 fully saturated rings. The smallest absolute Gasteiger partial charge is 0.225 e. The van der Waals surface area contributed by atoms with Crippen molar-refractivity contribution >= 4 is 11.9 Å². The number of piperazine rings is 1. The molecule has 0 saturated carbocycles. The van der Waals surface area contributed by atoms with Gasteiger partial charge in [0, 0.05) is 80.7 Å². The second-order valence-corrected chi connectivity index (χ2v) is 9.23. The van der Waals surface area contributed by atoms with Crippen LogP contribution in [0.5, 0.6) is 0 Å². The van der Waals surface area contributed by atoms with Crippen molar-refractivity contribution in [1.29, 1.82) is 0 Å². The van der Waals surface area contributed by atoms with Crippen LogP contribution in [0.2, 0.25) is 0 Å². The van der Waals surface area contributed by atoms with E-state index >= 15 is 0 Å². The Bertz CT molecular complexity index is 1070. The van der Waals surface area contributed by atoms with Crippen LogP contribution >= 0.6 is 0 Å². The van der Waals surface area contributed by atoms with Gasteiger partial charge in [0.2, 0.25) is 11.9 Å². The summed E-state index contributed by atoms with van der Waals surface area (Å²) in [4.78, 5) is 30.6. The second kappa shape index (κ2) is 9.39. The molecule has 172 valence electrons. The Morgan fingerprint density at radius 2 is 1.58 bits per heavy atom. The minimum absolute atomic E-state index is 0.292. The van der Waals surface area contributed by atoms with E-state index in [4.69, 9.17) is 19.9 Å². The highest BCUT2D eigenvalue weighted by molar-refractivity contribution is 5.66. The number of rotatable bonds is 4. The predicted octanol–water partition coefficient (Wildman–Crippen LogP) is 3.08. The van der Waals surface area contributed by atoms with E-state index in [1.165, 1.54) is 0 Å². The highest BCUT2D eigenvalue weighted by Gasteiger charge is 2.28. The summed E-state index contributed by atoms with van der Waals surface area (Å²) < 4.78 is 0. The Hall–Kier alpha value is -3.13. The molecule has 5 heterocycles. The van der Waals surface area contributed by atoms with Gasteiger partial charge in [0.05, 0.1) is 5.69 Å². The van der Waals surface area contributed by atoms with Gasteiger partial charge < -0.3 is 14.7 Å². The number of aromatic nitrogens is 5. The van der Waals surface area contributed by atoms with E-state index in [0.717, 1.165) is 92.2 Å². The number of pyridine rings is 1. The molecule has 0 amide bonds. The summed E-state index contributed by atoms with van der Waals surface area (Å²) in [7, 11) is 2.17. The molecule has 0 radical (unpaired) electrons. The van der Waals surface area contributed by atoms with Gasteiger partial charge in [-0.05, 0) is 57.5 Å². The third kappa shape index (κ3) is 4.80. The molecular weight excluding hydrogens is 412 g/mol. The number of piperidine rings is 1. The molecule has 3 aromatic heterocycles. The molecule has 0 N–H and O–H groups in total. The van der Waals surface area contributed by atoms with Crippen molar-refractivity contribution in [1.82, 2.24) is 29.8 Å². The highest BCUT2D eigenvalue weighted by Crippen LogP contribution is 2.35. The molecule has 8 heteroatoms. The first-order valence-corrected chi connectivity index (χ1v) is 11.8. The van der Waals surface area contributed by atoms with Gasteiger partial charge in [-0.2, -0.15) is 0 Å². The lowest BCUT2D eigenvalue weighted by atomic mass is 9.90. The second-order valence-electron chi connectivity index (χ2n) is 9.23. The van der Waals surface area contributed by atoms with Crippen molar-refractivity contribution in [3.63, 3.8) is 0 Å². The molecule has 0 spiro atoms. The molecule has 33 heavy (non-hydrogen) atoms. The van der Waals surface area contributed by atoms with Crippen LogP contribution in [0.15, 0.2) is 36.8 Å². The van der Waals surface area contributed by atoms with Gasteiger partial charge in [-0.15, -0.1) is 0 Å². The molecule has 0 unspecified atom stereocenters. The summed E-state index contributed by atoms with van der Waals surface area (Å²) in [5, 5.41) is 0. The minimum atomic E-state index is 0.292. The van der Waals surface area contributed by atoms with E-state index in [2.05, 4.69) is 26.7 Å². The van der Waals surface area contributed by atoms with Crippen LogP contribution in [-0.4, -0.2) is 76.1 Å². The van der Waals surface area contributed by atoms with E-state index in [0.29, 0.717) is 5.92 Å². The van der Waals surface area contributed by atoms with Crippen LogP contribution in [0.4, 0.5) is 11.9 Å². The minimum Gasteiger partial charge on any atom is -0.340 e. The van der Waals surface area contributed by atoms with Crippen LogP contribution in [0.1, 0.15) is 35.8 Å². The fraction of sp³-hybridized carbons (Fsp3) is 0.480. The van der Waals surface area contributed by atoms with E-state index in [-0.39, 0.29) is 0 Å². The zero-order valence-electron chi connectivity index (χ0n) is 19.8. The largest absolute Gasteiger partial charge is 0.340 e. The van der Waals surface area contributed by atoms with Gasteiger partial charge in [-0.1, -0.05) is 0 Å². The first kappa shape index (κ1) is 21.7. The summed E-state index contributed by atoms with van der Waals surface area (Å²) in [6.45, 7) is 9.88. The van der Waals surface area contributed by atoms with Crippen LogP contribution in [0.25, 0.3) is 11.1 Å². The zero-order valence-corrected chi connectivity index (χ0v) is 19.8. The predicted molar refractivity (Wildman–Crippen MR) is 131 cm³/mol. The molecule has 1 atom stereocenters. The lowest BCUT2D eigenvalue weighted by Crippen LogP contribution is -2.45. The molecule has 0 aromatic carbocycles. The molecule has 2 aliphatic rings. The lowest BCUT2D eigenvalue weighted by molar-refractivity contribution is 0.311. The average Bonchev–Trinajstić information content (AvgIpc) is 2.84. The molecule has 8 nitrogen and oxygen atoms in total. The van der Waals surface area contributed by atoms with Crippen molar-refractivity contribution in [2.24, 2.45) is 0 Å². The lowest BCUT2D eigenvalue weighted by Gasteiger charge is -2.35. The average molecular weight is 445 g/mol.